The van der Waals surface area contributed by atoms with Crippen LogP contribution in [0.4, 0.5) is 5.69 Å². The van der Waals surface area contributed by atoms with Crippen molar-refractivity contribution in [3.8, 4) is 0 Å². The van der Waals surface area contributed by atoms with Gasteiger partial charge < -0.3 is 0 Å². The van der Waals surface area contributed by atoms with Gasteiger partial charge in [0, 0.05) is 28.4 Å². The van der Waals surface area contributed by atoms with E-state index in [1.807, 2.05) is 30.1 Å². The molecule has 6 nitrogen and oxygen atoms in total. The number of benzene rings is 2. The molecule has 0 aliphatic carbocycles. The molecule has 2 aromatic carbocycles. The van der Waals surface area contributed by atoms with Crippen molar-refractivity contribution in [3.05, 3.63) is 65.7 Å². The van der Waals surface area contributed by atoms with Crippen LogP contribution < -0.4 is 9.73 Å². The minimum absolute atomic E-state index is 0.0871. The molecule has 1 amide bonds. The molecule has 0 radical (unpaired) electrons. The molecule has 25 heavy (non-hydrogen) atoms. The van der Waals surface area contributed by atoms with E-state index in [4.69, 9.17) is 10.7 Å². The highest BCUT2D eigenvalue weighted by Crippen LogP contribution is 2.35. The molecule has 1 N–H and O–H groups in total. The number of amides is 1. The zero-order valence-corrected chi connectivity index (χ0v) is 15.0. The fraction of sp³-hybridized carbons (Fsp3) is 0.176. The Labute approximate surface area is 150 Å². The summed E-state index contributed by atoms with van der Waals surface area (Å²) in [4.78, 5) is 11.8. The maximum absolute atomic E-state index is 11.8. The first-order chi connectivity index (χ1) is 11.8. The first kappa shape index (κ1) is 17.4. The summed E-state index contributed by atoms with van der Waals surface area (Å²) in [6, 6.07) is 16.7. The number of carbonyl (C=O) groups is 1. The van der Waals surface area contributed by atoms with Crippen LogP contribution in [0.2, 0.25) is 0 Å². The minimum atomic E-state index is -4.11. The van der Waals surface area contributed by atoms with Gasteiger partial charge in [0.15, 0.2) is 0 Å². The lowest BCUT2D eigenvalue weighted by molar-refractivity contribution is 0.0982. The van der Waals surface area contributed by atoms with Gasteiger partial charge in [0.2, 0.25) is 0 Å². The molecule has 1 unspecified atom stereocenters. The van der Waals surface area contributed by atoms with Crippen molar-refractivity contribution in [2.45, 2.75) is 19.4 Å². The van der Waals surface area contributed by atoms with Gasteiger partial charge in [-0.25, -0.2) is 4.72 Å². The maximum Gasteiger partial charge on any atom is 0.321 e. The van der Waals surface area contributed by atoms with E-state index < -0.39 is 15.1 Å². The monoisotopic (exact) mass is 377 g/mol. The predicted octanol–water partition coefficient (Wildman–Crippen LogP) is 3.23. The SMILES string of the molecule is CC1=NN(c2ccc(C(=O)NS(=O)(=O)Cl)cc2)C(c2ccccc2)C1. The van der Waals surface area contributed by atoms with Crippen molar-refractivity contribution in [3.63, 3.8) is 0 Å². The van der Waals surface area contributed by atoms with Crippen LogP contribution in [0.3, 0.4) is 0 Å². The average Bonchev–Trinajstić information content (AvgIpc) is 2.96. The van der Waals surface area contributed by atoms with Gasteiger partial charge in [-0.2, -0.15) is 13.5 Å². The Morgan fingerprint density at radius 3 is 2.40 bits per heavy atom. The summed E-state index contributed by atoms with van der Waals surface area (Å²) in [5, 5.41) is 6.49. The summed E-state index contributed by atoms with van der Waals surface area (Å²) in [5.74, 6) is -0.776. The quantitative estimate of drug-likeness (QED) is 0.829. The van der Waals surface area contributed by atoms with Crippen molar-refractivity contribution in [1.29, 1.82) is 0 Å². The standard InChI is InChI=1S/C17H16ClN3O3S/c1-12-11-16(13-5-3-2-4-6-13)21(19-12)15-9-7-14(8-10-15)17(22)20-25(18,23)24/h2-10,16H,11H2,1H3,(H,20,22). The van der Waals surface area contributed by atoms with E-state index in [1.54, 1.807) is 16.9 Å². The van der Waals surface area contributed by atoms with Crippen LogP contribution >= 0.6 is 10.7 Å². The van der Waals surface area contributed by atoms with Crippen molar-refractivity contribution >= 4 is 37.2 Å². The van der Waals surface area contributed by atoms with Crippen LogP contribution in [-0.4, -0.2) is 20.0 Å². The fourth-order valence-electron chi connectivity index (χ4n) is 2.77. The average molecular weight is 378 g/mol. The summed E-state index contributed by atoms with van der Waals surface area (Å²) >= 11 is 0. The van der Waals surface area contributed by atoms with Gasteiger partial charge in [-0.15, -0.1) is 0 Å². The first-order valence-electron chi connectivity index (χ1n) is 7.58. The third-order valence-corrected chi connectivity index (χ3v) is 4.52. The van der Waals surface area contributed by atoms with E-state index in [0.29, 0.717) is 0 Å². The Balaban J connectivity index is 1.84. The summed E-state index contributed by atoms with van der Waals surface area (Å²) in [6.07, 6.45) is 0.816. The largest absolute Gasteiger partial charge is 0.321 e. The summed E-state index contributed by atoms with van der Waals surface area (Å²) in [6.45, 7) is 1.98. The second-order valence-electron chi connectivity index (χ2n) is 5.73. The molecule has 1 atom stereocenters. The van der Waals surface area contributed by atoms with Gasteiger partial charge in [-0.3, -0.25) is 9.80 Å². The Hall–Kier alpha value is -2.38. The van der Waals surface area contributed by atoms with Crippen molar-refractivity contribution in [1.82, 2.24) is 4.72 Å². The smallest absolute Gasteiger partial charge is 0.268 e. The molecule has 2 aromatic rings. The lowest BCUT2D eigenvalue weighted by atomic mass is 10.0. The Kier molecular flexibility index (Phi) is 4.78. The third kappa shape index (κ3) is 4.18. The second kappa shape index (κ2) is 6.85. The number of nitrogens with one attached hydrogen (secondary N) is 1. The van der Waals surface area contributed by atoms with E-state index in [-0.39, 0.29) is 11.6 Å². The first-order valence-corrected chi connectivity index (χ1v) is 9.89. The van der Waals surface area contributed by atoms with Gasteiger partial charge >= 0.3 is 9.24 Å². The zero-order chi connectivity index (χ0) is 18.0. The zero-order valence-electron chi connectivity index (χ0n) is 13.4. The highest BCUT2D eigenvalue weighted by atomic mass is 35.7. The molecule has 0 saturated carbocycles. The van der Waals surface area contributed by atoms with E-state index in [2.05, 4.69) is 17.2 Å². The number of nitrogens with zero attached hydrogens (tertiary/aromatic N) is 2. The van der Waals surface area contributed by atoms with Crippen molar-refractivity contribution in [2.24, 2.45) is 5.10 Å². The number of hydrazone groups is 1. The summed E-state index contributed by atoms with van der Waals surface area (Å²) in [5.41, 5.74) is 3.18. The molecular formula is C17H16ClN3O3S. The summed E-state index contributed by atoms with van der Waals surface area (Å²) < 4.78 is 23.6. The third-order valence-electron chi connectivity index (χ3n) is 3.86. The second-order valence-corrected chi connectivity index (χ2v) is 8.03. The number of carbonyl (C=O) groups excluding carboxylic acids is 1. The Morgan fingerprint density at radius 2 is 1.80 bits per heavy atom. The fourth-order valence-corrected chi connectivity index (χ4v) is 3.32. The molecule has 0 spiro atoms. The number of rotatable bonds is 4. The van der Waals surface area contributed by atoms with Gasteiger partial charge in [-0.1, -0.05) is 30.3 Å². The summed E-state index contributed by atoms with van der Waals surface area (Å²) in [7, 11) is 0.921. The molecule has 0 bridgehead atoms. The van der Waals surface area contributed by atoms with Crippen LogP contribution in [0.1, 0.15) is 35.3 Å². The van der Waals surface area contributed by atoms with Crippen LogP contribution in [0.25, 0.3) is 0 Å². The van der Waals surface area contributed by atoms with E-state index in [1.165, 1.54) is 12.1 Å². The molecular weight excluding hydrogens is 362 g/mol. The molecule has 3 rings (SSSR count). The van der Waals surface area contributed by atoms with Gasteiger partial charge in [0.05, 0.1) is 11.7 Å². The molecule has 0 saturated heterocycles. The predicted molar refractivity (Wildman–Crippen MR) is 98.1 cm³/mol. The highest BCUT2D eigenvalue weighted by molar-refractivity contribution is 8.12. The van der Waals surface area contributed by atoms with E-state index >= 15 is 0 Å². The number of hydrogen-bond donors (Lipinski definition) is 1. The highest BCUT2D eigenvalue weighted by Gasteiger charge is 2.27. The van der Waals surface area contributed by atoms with Crippen LogP contribution in [-0.2, 0) is 9.24 Å². The molecule has 130 valence electrons. The lowest BCUT2D eigenvalue weighted by Gasteiger charge is -2.24. The number of anilines is 1. The van der Waals surface area contributed by atoms with Gasteiger partial charge in [0.1, 0.15) is 0 Å². The lowest BCUT2D eigenvalue weighted by Crippen LogP contribution is -2.26. The maximum atomic E-state index is 11.8. The molecule has 0 fully saturated rings. The Morgan fingerprint density at radius 1 is 1.16 bits per heavy atom. The number of halogens is 1. The van der Waals surface area contributed by atoms with Gasteiger partial charge in [-0.05, 0) is 36.8 Å². The molecule has 1 aliphatic heterocycles. The Bertz CT molecular complexity index is 912. The molecule has 8 heteroatoms. The molecule has 1 heterocycles. The van der Waals surface area contributed by atoms with Gasteiger partial charge in [0.25, 0.3) is 5.91 Å². The van der Waals surface area contributed by atoms with Crippen LogP contribution in [0, 0.1) is 0 Å². The topological polar surface area (TPSA) is 78.8 Å². The van der Waals surface area contributed by atoms with E-state index in [0.717, 1.165) is 23.4 Å². The molecule has 0 aromatic heterocycles. The molecule has 1 aliphatic rings. The van der Waals surface area contributed by atoms with Crippen molar-refractivity contribution in [2.75, 3.05) is 5.01 Å². The van der Waals surface area contributed by atoms with E-state index in [9.17, 15) is 13.2 Å². The normalized spacial score (nSPS) is 17.3. The van der Waals surface area contributed by atoms with Crippen LogP contribution in [0.15, 0.2) is 59.7 Å². The van der Waals surface area contributed by atoms with Crippen LogP contribution in [0.5, 0.6) is 0 Å². The minimum Gasteiger partial charge on any atom is -0.268 e. The van der Waals surface area contributed by atoms with Crippen molar-refractivity contribution < 1.29 is 13.2 Å². The number of hydrogen-bond acceptors (Lipinski definition) is 5.